The van der Waals surface area contributed by atoms with Gasteiger partial charge in [0.1, 0.15) is 18.4 Å². The topological polar surface area (TPSA) is 118 Å². The summed E-state index contributed by atoms with van der Waals surface area (Å²) in [6, 6.07) is 4.47. The summed E-state index contributed by atoms with van der Waals surface area (Å²) in [4.78, 5) is 11.2. The monoisotopic (exact) mass is 391 g/mol. The van der Waals surface area contributed by atoms with Crippen LogP contribution >= 0.6 is 0 Å². The van der Waals surface area contributed by atoms with Gasteiger partial charge in [0.15, 0.2) is 9.84 Å². The number of sulfonamides is 1. The molecule has 10 heteroatoms. The number of nitrogens with zero attached hydrogens (tertiary/aromatic N) is 1. The number of ether oxygens (including phenoxy) is 1. The highest BCUT2D eigenvalue weighted by Crippen LogP contribution is 2.27. The minimum absolute atomic E-state index is 0.0184. The standard InChI is InChI=1S/C15H21NO7S2/c1-2-24(19,20)11-10-23-12-5-7-13(8-6-12)25(21,22)16-9-3-4-14(16)15(17)18/h5-8,14H,2-4,9-11H2,1H3,(H,17,18)/t14-/m0/s1. The van der Waals surface area contributed by atoms with Gasteiger partial charge in [-0.3, -0.25) is 4.79 Å². The lowest BCUT2D eigenvalue weighted by molar-refractivity contribution is -0.140. The number of sulfone groups is 1. The fourth-order valence-corrected chi connectivity index (χ4v) is 4.83. The minimum Gasteiger partial charge on any atom is -0.493 e. The Morgan fingerprint density at radius 1 is 1.24 bits per heavy atom. The summed E-state index contributed by atoms with van der Waals surface area (Å²) in [5.41, 5.74) is 0. The Morgan fingerprint density at radius 3 is 2.44 bits per heavy atom. The Kier molecular flexibility index (Phi) is 6.07. The normalized spacial score (nSPS) is 19.0. The van der Waals surface area contributed by atoms with Gasteiger partial charge >= 0.3 is 5.97 Å². The van der Waals surface area contributed by atoms with Gasteiger partial charge in [0.25, 0.3) is 0 Å². The van der Waals surface area contributed by atoms with Crippen molar-refractivity contribution in [3.05, 3.63) is 24.3 Å². The number of carboxylic acid groups (broad SMARTS) is 1. The molecular weight excluding hydrogens is 370 g/mol. The molecule has 1 fully saturated rings. The highest BCUT2D eigenvalue weighted by atomic mass is 32.2. The first-order chi connectivity index (χ1) is 11.7. The zero-order valence-electron chi connectivity index (χ0n) is 13.8. The van der Waals surface area contributed by atoms with Crippen LogP contribution in [0.1, 0.15) is 19.8 Å². The second kappa shape index (κ2) is 7.71. The van der Waals surface area contributed by atoms with Gasteiger partial charge in [-0.2, -0.15) is 4.31 Å². The van der Waals surface area contributed by atoms with Crippen LogP contribution in [0.5, 0.6) is 5.75 Å². The van der Waals surface area contributed by atoms with Gasteiger partial charge in [-0.05, 0) is 37.1 Å². The Balaban J connectivity index is 2.07. The van der Waals surface area contributed by atoms with Gasteiger partial charge in [0.2, 0.25) is 10.0 Å². The van der Waals surface area contributed by atoms with Crippen molar-refractivity contribution in [2.45, 2.75) is 30.7 Å². The molecule has 8 nitrogen and oxygen atoms in total. The van der Waals surface area contributed by atoms with E-state index in [0.29, 0.717) is 18.6 Å². The lowest BCUT2D eigenvalue weighted by Crippen LogP contribution is -2.40. The first-order valence-electron chi connectivity index (χ1n) is 7.85. The van der Waals surface area contributed by atoms with Gasteiger partial charge in [0, 0.05) is 12.3 Å². The first kappa shape index (κ1) is 19.7. The Bertz CT molecular complexity index is 816. The number of hydrogen-bond donors (Lipinski definition) is 1. The predicted molar refractivity (Wildman–Crippen MR) is 90.8 cm³/mol. The van der Waals surface area contributed by atoms with Crippen LogP contribution in [0.25, 0.3) is 0 Å². The van der Waals surface area contributed by atoms with Gasteiger partial charge in [-0.25, -0.2) is 16.8 Å². The number of benzene rings is 1. The highest BCUT2D eigenvalue weighted by Gasteiger charge is 2.39. The molecule has 0 spiro atoms. The number of hydrogen-bond acceptors (Lipinski definition) is 6. The summed E-state index contributed by atoms with van der Waals surface area (Å²) >= 11 is 0. The van der Waals surface area contributed by atoms with E-state index >= 15 is 0 Å². The third-order valence-electron chi connectivity index (χ3n) is 4.02. The fraction of sp³-hybridized carbons (Fsp3) is 0.533. The SMILES string of the molecule is CCS(=O)(=O)CCOc1ccc(S(=O)(=O)N2CCC[C@H]2C(=O)O)cc1. The smallest absolute Gasteiger partial charge is 0.322 e. The number of rotatable bonds is 8. The second-order valence-corrected chi connectivity index (χ2v) is 10.0. The summed E-state index contributed by atoms with van der Waals surface area (Å²) in [7, 11) is -7.03. The van der Waals surface area contributed by atoms with E-state index in [1.54, 1.807) is 6.92 Å². The van der Waals surface area contributed by atoms with Crippen LogP contribution in [0.2, 0.25) is 0 Å². The average molecular weight is 391 g/mol. The maximum absolute atomic E-state index is 12.6. The maximum Gasteiger partial charge on any atom is 0.322 e. The molecular formula is C15H21NO7S2. The molecule has 0 saturated carbocycles. The lowest BCUT2D eigenvalue weighted by atomic mass is 10.2. The average Bonchev–Trinajstić information content (AvgIpc) is 3.06. The van der Waals surface area contributed by atoms with E-state index in [-0.39, 0.29) is 29.6 Å². The molecule has 1 aliphatic rings. The Hall–Kier alpha value is -1.65. The van der Waals surface area contributed by atoms with Crippen molar-refractivity contribution in [1.29, 1.82) is 0 Å². The van der Waals surface area contributed by atoms with Crippen molar-refractivity contribution in [2.75, 3.05) is 24.7 Å². The summed E-state index contributed by atoms with van der Waals surface area (Å²) in [5.74, 6) is -0.884. The lowest BCUT2D eigenvalue weighted by Gasteiger charge is -2.21. The molecule has 2 rings (SSSR count). The molecule has 1 saturated heterocycles. The molecule has 0 radical (unpaired) electrons. The molecule has 0 aromatic heterocycles. The predicted octanol–water partition coefficient (Wildman–Crippen LogP) is 0.738. The van der Waals surface area contributed by atoms with Crippen molar-refractivity contribution in [1.82, 2.24) is 4.31 Å². The summed E-state index contributed by atoms with van der Waals surface area (Å²) in [6.45, 7) is 1.71. The highest BCUT2D eigenvalue weighted by molar-refractivity contribution is 7.91. The summed E-state index contributed by atoms with van der Waals surface area (Å²) in [5, 5.41) is 9.15. The molecule has 1 N–H and O–H groups in total. The van der Waals surface area contributed by atoms with E-state index in [0.717, 1.165) is 4.31 Å². The van der Waals surface area contributed by atoms with Gasteiger partial charge in [-0.15, -0.1) is 0 Å². The molecule has 140 valence electrons. The first-order valence-corrected chi connectivity index (χ1v) is 11.1. The van der Waals surface area contributed by atoms with Gasteiger partial charge in [0.05, 0.1) is 10.6 Å². The van der Waals surface area contributed by atoms with E-state index in [1.807, 2.05) is 0 Å². The molecule has 0 unspecified atom stereocenters. The third-order valence-corrected chi connectivity index (χ3v) is 7.61. The van der Waals surface area contributed by atoms with E-state index in [2.05, 4.69) is 0 Å². The van der Waals surface area contributed by atoms with Crippen LogP contribution in [-0.2, 0) is 24.7 Å². The fourth-order valence-electron chi connectivity index (χ4n) is 2.55. The van der Waals surface area contributed by atoms with Crippen LogP contribution in [0, 0.1) is 0 Å². The third kappa shape index (κ3) is 4.71. The Labute approximate surface area is 147 Å². The van der Waals surface area contributed by atoms with Crippen LogP contribution in [-0.4, -0.2) is 62.9 Å². The number of aliphatic carboxylic acids is 1. The minimum atomic E-state index is -3.90. The van der Waals surface area contributed by atoms with E-state index < -0.39 is 31.9 Å². The zero-order chi connectivity index (χ0) is 18.7. The molecule has 0 amide bonds. The number of carbonyl (C=O) groups is 1. The number of carboxylic acids is 1. The van der Waals surface area contributed by atoms with Gasteiger partial charge < -0.3 is 9.84 Å². The molecule has 1 aromatic carbocycles. The van der Waals surface area contributed by atoms with Gasteiger partial charge in [-0.1, -0.05) is 6.92 Å². The van der Waals surface area contributed by atoms with E-state index in [1.165, 1.54) is 24.3 Å². The molecule has 25 heavy (non-hydrogen) atoms. The molecule has 0 aliphatic carbocycles. The Morgan fingerprint density at radius 2 is 1.88 bits per heavy atom. The summed E-state index contributed by atoms with van der Waals surface area (Å²) < 4.78 is 54.3. The van der Waals surface area contributed by atoms with E-state index in [4.69, 9.17) is 9.84 Å². The van der Waals surface area contributed by atoms with Crippen LogP contribution < -0.4 is 4.74 Å². The van der Waals surface area contributed by atoms with Crippen molar-refractivity contribution in [3.63, 3.8) is 0 Å². The molecule has 0 bridgehead atoms. The van der Waals surface area contributed by atoms with Crippen LogP contribution in [0.15, 0.2) is 29.2 Å². The molecule has 1 heterocycles. The van der Waals surface area contributed by atoms with E-state index in [9.17, 15) is 21.6 Å². The zero-order valence-corrected chi connectivity index (χ0v) is 15.4. The molecule has 1 atom stereocenters. The second-order valence-electron chi connectivity index (χ2n) is 5.67. The molecule has 1 aromatic rings. The van der Waals surface area contributed by atoms with Crippen LogP contribution in [0.4, 0.5) is 0 Å². The maximum atomic E-state index is 12.6. The van der Waals surface area contributed by atoms with Crippen molar-refractivity contribution in [2.24, 2.45) is 0 Å². The largest absolute Gasteiger partial charge is 0.493 e. The molecule has 1 aliphatic heterocycles. The quantitative estimate of drug-likeness (QED) is 0.694. The van der Waals surface area contributed by atoms with Crippen molar-refractivity contribution in [3.8, 4) is 5.75 Å². The summed E-state index contributed by atoms with van der Waals surface area (Å²) in [6.07, 6.45) is 0.797. The van der Waals surface area contributed by atoms with Crippen molar-refractivity contribution < 1.29 is 31.5 Å². The van der Waals surface area contributed by atoms with Crippen LogP contribution in [0.3, 0.4) is 0 Å². The van der Waals surface area contributed by atoms with Crippen molar-refractivity contribution >= 4 is 25.8 Å².